The third-order valence-corrected chi connectivity index (χ3v) is 4.53. The molecule has 0 aromatic heterocycles. The van der Waals surface area contributed by atoms with E-state index in [2.05, 4.69) is 0 Å². The molecule has 5 heteroatoms. The Bertz CT molecular complexity index is 341. The van der Waals surface area contributed by atoms with E-state index in [1.54, 1.807) is 4.90 Å². The zero-order valence-corrected chi connectivity index (χ0v) is 11.3. The van der Waals surface area contributed by atoms with Gasteiger partial charge in [0.25, 0.3) is 0 Å². The Hall–Kier alpha value is -1.10. The summed E-state index contributed by atoms with van der Waals surface area (Å²) in [4.78, 5) is 24.8. The summed E-state index contributed by atoms with van der Waals surface area (Å²) in [7, 11) is 0. The van der Waals surface area contributed by atoms with E-state index in [1.807, 2.05) is 0 Å². The van der Waals surface area contributed by atoms with Crippen LogP contribution in [0.15, 0.2) is 0 Å². The molecule has 2 N–H and O–H groups in total. The summed E-state index contributed by atoms with van der Waals surface area (Å²) < 4.78 is 0. The lowest BCUT2D eigenvalue weighted by Gasteiger charge is -2.36. The lowest BCUT2D eigenvalue weighted by Crippen LogP contribution is -2.51. The number of aliphatic hydroxyl groups is 1. The number of carboxylic acids is 1. The first-order chi connectivity index (χ1) is 9.01. The van der Waals surface area contributed by atoms with Crippen LogP contribution < -0.4 is 0 Å². The van der Waals surface area contributed by atoms with E-state index >= 15 is 0 Å². The van der Waals surface area contributed by atoms with Gasteiger partial charge in [0.2, 0.25) is 5.91 Å². The van der Waals surface area contributed by atoms with Gasteiger partial charge in [-0.15, -0.1) is 0 Å². The summed E-state index contributed by atoms with van der Waals surface area (Å²) in [6, 6.07) is 0. The van der Waals surface area contributed by atoms with Gasteiger partial charge in [-0.2, -0.15) is 0 Å². The number of carbonyl (C=O) groups is 2. The fourth-order valence-electron chi connectivity index (χ4n) is 3.11. The zero-order chi connectivity index (χ0) is 13.9. The van der Waals surface area contributed by atoms with E-state index in [0.29, 0.717) is 25.4 Å². The topological polar surface area (TPSA) is 77.8 Å². The maximum absolute atomic E-state index is 12.1. The number of carboxylic acid groups (broad SMARTS) is 1. The Morgan fingerprint density at radius 3 is 2.21 bits per heavy atom. The van der Waals surface area contributed by atoms with E-state index in [1.165, 1.54) is 19.3 Å². The van der Waals surface area contributed by atoms with Gasteiger partial charge < -0.3 is 15.1 Å². The smallest absolute Gasteiger partial charge is 0.335 e. The average Bonchev–Trinajstić information content (AvgIpc) is 2.40. The zero-order valence-electron chi connectivity index (χ0n) is 11.3. The summed E-state index contributed by atoms with van der Waals surface area (Å²) in [6.07, 6.45) is 6.85. The van der Waals surface area contributed by atoms with Crippen LogP contribution in [0.1, 0.15) is 51.4 Å². The molecule has 0 radical (unpaired) electrons. The van der Waals surface area contributed by atoms with Crippen LogP contribution in [0.4, 0.5) is 0 Å². The third kappa shape index (κ3) is 3.47. The molecule has 1 heterocycles. The van der Waals surface area contributed by atoms with Crippen LogP contribution >= 0.6 is 0 Å². The third-order valence-electron chi connectivity index (χ3n) is 4.53. The van der Waals surface area contributed by atoms with E-state index in [0.717, 1.165) is 12.8 Å². The van der Waals surface area contributed by atoms with Crippen LogP contribution in [0, 0.1) is 5.92 Å². The maximum Gasteiger partial charge on any atom is 0.335 e. The number of nitrogens with zero attached hydrogens (tertiary/aromatic N) is 1. The first-order valence-electron chi connectivity index (χ1n) is 7.25. The molecule has 0 unspecified atom stereocenters. The highest BCUT2D eigenvalue weighted by Crippen LogP contribution is 2.28. The molecule has 1 saturated carbocycles. The van der Waals surface area contributed by atoms with Crippen LogP contribution in [-0.4, -0.2) is 45.7 Å². The average molecular weight is 269 g/mol. The minimum Gasteiger partial charge on any atom is -0.479 e. The second-order valence-corrected chi connectivity index (χ2v) is 5.93. The molecule has 5 nitrogen and oxygen atoms in total. The summed E-state index contributed by atoms with van der Waals surface area (Å²) in [5.41, 5.74) is -1.64. The van der Waals surface area contributed by atoms with Crippen molar-refractivity contribution in [1.29, 1.82) is 0 Å². The Kier molecular flexibility index (Phi) is 4.45. The Labute approximate surface area is 113 Å². The van der Waals surface area contributed by atoms with Crippen molar-refractivity contribution < 1.29 is 19.8 Å². The van der Waals surface area contributed by atoms with Crippen molar-refractivity contribution in [1.82, 2.24) is 4.90 Å². The Morgan fingerprint density at radius 1 is 1.11 bits per heavy atom. The van der Waals surface area contributed by atoms with E-state index in [4.69, 9.17) is 5.11 Å². The molecular weight excluding hydrogens is 246 g/mol. The highest BCUT2D eigenvalue weighted by Gasteiger charge is 2.40. The van der Waals surface area contributed by atoms with Gasteiger partial charge in [0.05, 0.1) is 0 Å². The Balaban J connectivity index is 1.80. The number of amides is 1. The van der Waals surface area contributed by atoms with Gasteiger partial charge in [0.15, 0.2) is 5.60 Å². The molecule has 0 bridgehead atoms. The van der Waals surface area contributed by atoms with Crippen LogP contribution in [0.25, 0.3) is 0 Å². The molecule has 1 aliphatic heterocycles. The number of carbonyl (C=O) groups excluding carboxylic acids is 1. The fourth-order valence-corrected chi connectivity index (χ4v) is 3.11. The lowest BCUT2D eigenvalue weighted by molar-refractivity contribution is -0.165. The van der Waals surface area contributed by atoms with Gasteiger partial charge in [-0.25, -0.2) is 4.79 Å². The molecule has 0 aromatic rings. The second-order valence-electron chi connectivity index (χ2n) is 5.93. The van der Waals surface area contributed by atoms with Crippen LogP contribution in [0.2, 0.25) is 0 Å². The summed E-state index contributed by atoms with van der Waals surface area (Å²) in [5.74, 6) is -0.548. The highest BCUT2D eigenvalue weighted by atomic mass is 16.4. The van der Waals surface area contributed by atoms with Crippen molar-refractivity contribution in [3.8, 4) is 0 Å². The second kappa shape index (κ2) is 5.90. The molecule has 19 heavy (non-hydrogen) atoms. The maximum atomic E-state index is 12.1. The van der Waals surface area contributed by atoms with E-state index < -0.39 is 11.6 Å². The van der Waals surface area contributed by atoms with Gasteiger partial charge in [0, 0.05) is 32.4 Å². The van der Waals surface area contributed by atoms with Crippen molar-refractivity contribution in [3.05, 3.63) is 0 Å². The number of aliphatic carboxylic acids is 1. The van der Waals surface area contributed by atoms with Crippen LogP contribution in [0.5, 0.6) is 0 Å². The predicted molar refractivity (Wildman–Crippen MR) is 69.6 cm³/mol. The molecule has 108 valence electrons. The molecule has 1 saturated heterocycles. The van der Waals surface area contributed by atoms with Gasteiger partial charge in [0.1, 0.15) is 0 Å². The number of rotatable bonds is 3. The van der Waals surface area contributed by atoms with Crippen molar-refractivity contribution in [2.75, 3.05) is 13.1 Å². The predicted octanol–water partition coefficient (Wildman–Crippen LogP) is 1.39. The largest absolute Gasteiger partial charge is 0.479 e. The van der Waals surface area contributed by atoms with Crippen LogP contribution in [0.3, 0.4) is 0 Å². The summed E-state index contributed by atoms with van der Waals surface area (Å²) in [6.45, 7) is 0.711. The number of piperidine rings is 1. The quantitative estimate of drug-likeness (QED) is 0.811. The van der Waals surface area contributed by atoms with Crippen molar-refractivity contribution in [2.24, 2.45) is 5.92 Å². The molecular formula is C14H23NO4. The van der Waals surface area contributed by atoms with Crippen molar-refractivity contribution >= 4 is 11.9 Å². The molecule has 1 aliphatic carbocycles. The monoisotopic (exact) mass is 269 g/mol. The first-order valence-corrected chi connectivity index (χ1v) is 7.25. The van der Waals surface area contributed by atoms with E-state index in [-0.39, 0.29) is 18.7 Å². The Morgan fingerprint density at radius 2 is 1.68 bits per heavy atom. The van der Waals surface area contributed by atoms with Crippen molar-refractivity contribution in [2.45, 2.75) is 57.0 Å². The lowest BCUT2D eigenvalue weighted by atomic mass is 9.86. The molecule has 1 amide bonds. The minimum absolute atomic E-state index is 0.124. The van der Waals surface area contributed by atoms with Gasteiger partial charge >= 0.3 is 5.97 Å². The first kappa shape index (κ1) is 14.3. The van der Waals surface area contributed by atoms with E-state index in [9.17, 15) is 14.7 Å². The standard InChI is InChI=1S/C14H23NO4/c16-12(10-11-4-2-1-3-5-11)15-8-6-14(19,7-9-15)13(17)18/h11,19H,1-10H2,(H,17,18). The number of hydrogen-bond donors (Lipinski definition) is 2. The summed E-state index contributed by atoms with van der Waals surface area (Å²) in [5, 5.41) is 18.8. The van der Waals surface area contributed by atoms with Crippen LogP contribution in [-0.2, 0) is 9.59 Å². The minimum atomic E-state index is -1.64. The van der Waals surface area contributed by atoms with Gasteiger partial charge in [-0.1, -0.05) is 19.3 Å². The number of likely N-dealkylation sites (tertiary alicyclic amines) is 1. The molecule has 2 fully saturated rings. The van der Waals surface area contributed by atoms with Gasteiger partial charge in [-0.3, -0.25) is 4.79 Å². The molecule has 0 aromatic carbocycles. The van der Waals surface area contributed by atoms with Gasteiger partial charge in [-0.05, 0) is 18.8 Å². The molecule has 2 aliphatic rings. The van der Waals surface area contributed by atoms with Crippen molar-refractivity contribution in [3.63, 3.8) is 0 Å². The SMILES string of the molecule is O=C(CC1CCCCC1)N1CCC(O)(C(=O)O)CC1. The molecule has 2 rings (SSSR count). The molecule has 0 atom stereocenters. The molecule has 0 spiro atoms. The normalized spacial score (nSPS) is 24.2. The summed E-state index contributed by atoms with van der Waals surface area (Å²) >= 11 is 0. The fraction of sp³-hybridized carbons (Fsp3) is 0.857. The number of hydrogen-bond acceptors (Lipinski definition) is 3. The highest BCUT2D eigenvalue weighted by molar-refractivity contribution is 5.79.